The molecule has 2 atom stereocenters. The molecule has 0 radical (unpaired) electrons. The van der Waals surface area contributed by atoms with Gasteiger partial charge in [-0.15, -0.1) is 0 Å². The fourth-order valence-electron chi connectivity index (χ4n) is 3.08. The van der Waals surface area contributed by atoms with Gasteiger partial charge in [0, 0.05) is 20.3 Å². The minimum atomic E-state index is -0.360. The van der Waals surface area contributed by atoms with Crippen molar-refractivity contribution < 1.29 is 14.3 Å². The van der Waals surface area contributed by atoms with E-state index in [0.29, 0.717) is 18.9 Å². The highest BCUT2D eigenvalue weighted by molar-refractivity contribution is 5.96. The SMILES string of the molecule is COCCC1(CN2C(=O)C(CC(C)C)NC(=O)C2C)CC1. The number of nitrogens with one attached hydrogen (secondary N) is 1. The first kappa shape index (κ1) is 16.3. The number of methoxy groups -OCH3 is 1. The number of rotatable bonds is 7. The van der Waals surface area contributed by atoms with Gasteiger partial charge in [-0.2, -0.15) is 0 Å². The molecule has 0 aromatic heterocycles. The van der Waals surface area contributed by atoms with Gasteiger partial charge >= 0.3 is 0 Å². The Hall–Kier alpha value is -1.10. The van der Waals surface area contributed by atoms with Crippen LogP contribution in [0.5, 0.6) is 0 Å². The molecule has 21 heavy (non-hydrogen) atoms. The summed E-state index contributed by atoms with van der Waals surface area (Å²) in [5, 5.41) is 2.87. The fourth-order valence-corrected chi connectivity index (χ4v) is 3.08. The Morgan fingerprint density at radius 2 is 2.05 bits per heavy atom. The van der Waals surface area contributed by atoms with Crippen molar-refractivity contribution in [2.75, 3.05) is 20.3 Å². The second kappa shape index (κ2) is 6.34. The lowest BCUT2D eigenvalue weighted by Gasteiger charge is -2.40. The average Bonchev–Trinajstić information content (AvgIpc) is 3.18. The molecular formula is C16H28N2O3. The number of ether oxygens (including phenoxy) is 1. The van der Waals surface area contributed by atoms with Crippen LogP contribution in [0.1, 0.15) is 46.5 Å². The molecule has 1 saturated carbocycles. The maximum atomic E-state index is 12.7. The van der Waals surface area contributed by atoms with Gasteiger partial charge in [0.05, 0.1) is 0 Å². The van der Waals surface area contributed by atoms with Gasteiger partial charge in [0.1, 0.15) is 12.1 Å². The highest BCUT2D eigenvalue weighted by Gasteiger charge is 2.48. The molecule has 2 amide bonds. The Morgan fingerprint density at radius 1 is 1.38 bits per heavy atom. The summed E-state index contributed by atoms with van der Waals surface area (Å²) in [5.41, 5.74) is 0.180. The standard InChI is InChI=1S/C16H28N2O3/c1-11(2)9-13-15(20)18(12(3)14(19)17-13)10-16(5-6-16)7-8-21-4/h11-13H,5-10H2,1-4H3,(H,17,19). The second-order valence-corrected chi connectivity index (χ2v) is 7.08. The van der Waals surface area contributed by atoms with E-state index in [0.717, 1.165) is 25.9 Å². The number of piperazine rings is 1. The van der Waals surface area contributed by atoms with Crippen LogP contribution in [0.15, 0.2) is 0 Å². The molecule has 0 aromatic rings. The van der Waals surface area contributed by atoms with E-state index in [1.54, 1.807) is 12.0 Å². The van der Waals surface area contributed by atoms with Gasteiger partial charge in [-0.3, -0.25) is 9.59 Å². The third-order valence-corrected chi connectivity index (χ3v) is 4.75. The third-order valence-electron chi connectivity index (χ3n) is 4.75. The van der Waals surface area contributed by atoms with Gasteiger partial charge in [-0.1, -0.05) is 13.8 Å². The highest BCUT2D eigenvalue weighted by atomic mass is 16.5. The largest absolute Gasteiger partial charge is 0.385 e. The zero-order chi connectivity index (χ0) is 15.6. The summed E-state index contributed by atoms with van der Waals surface area (Å²) in [6.07, 6.45) is 3.93. The molecule has 0 aromatic carbocycles. The van der Waals surface area contributed by atoms with Crippen LogP contribution in [0.3, 0.4) is 0 Å². The van der Waals surface area contributed by atoms with Gasteiger partial charge in [0.25, 0.3) is 0 Å². The molecular weight excluding hydrogens is 268 g/mol. The van der Waals surface area contributed by atoms with E-state index in [4.69, 9.17) is 4.74 Å². The molecule has 2 aliphatic rings. The summed E-state index contributed by atoms with van der Waals surface area (Å²) in [4.78, 5) is 26.6. The van der Waals surface area contributed by atoms with Crippen LogP contribution in [0.2, 0.25) is 0 Å². The minimum Gasteiger partial charge on any atom is -0.385 e. The first-order valence-corrected chi connectivity index (χ1v) is 7.98. The Balaban J connectivity index is 2.05. The van der Waals surface area contributed by atoms with E-state index < -0.39 is 0 Å². The molecule has 2 fully saturated rings. The molecule has 5 nitrogen and oxygen atoms in total. The van der Waals surface area contributed by atoms with Crippen LogP contribution >= 0.6 is 0 Å². The number of carbonyl (C=O) groups is 2. The number of amides is 2. The first-order chi connectivity index (χ1) is 9.88. The molecule has 120 valence electrons. The van der Waals surface area contributed by atoms with Crippen molar-refractivity contribution in [1.29, 1.82) is 0 Å². The van der Waals surface area contributed by atoms with Crippen LogP contribution in [-0.4, -0.2) is 49.1 Å². The fraction of sp³-hybridized carbons (Fsp3) is 0.875. The Labute approximate surface area is 127 Å². The second-order valence-electron chi connectivity index (χ2n) is 7.08. The molecule has 1 aliphatic carbocycles. The first-order valence-electron chi connectivity index (χ1n) is 7.98. The van der Waals surface area contributed by atoms with Gasteiger partial charge in [-0.25, -0.2) is 0 Å². The summed E-state index contributed by atoms with van der Waals surface area (Å²) < 4.78 is 5.17. The van der Waals surface area contributed by atoms with Crippen LogP contribution in [-0.2, 0) is 14.3 Å². The molecule has 1 N–H and O–H groups in total. The van der Waals surface area contributed by atoms with Crippen LogP contribution < -0.4 is 5.32 Å². The van der Waals surface area contributed by atoms with Crippen LogP contribution in [0, 0.1) is 11.3 Å². The number of hydrogen-bond donors (Lipinski definition) is 1. The Morgan fingerprint density at radius 3 is 2.57 bits per heavy atom. The molecule has 0 spiro atoms. The monoisotopic (exact) mass is 296 g/mol. The average molecular weight is 296 g/mol. The minimum absolute atomic E-state index is 0.0252. The van der Waals surface area contributed by atoms with Crippen molar-refractivity contribution in [3.63, 3.8) is 0 Å². The normalized spacial score (nSPS) is 28.0. The van der Waals surface area contributed by atoms with Crippen LogP contribution in [0.25, 0.3) is 0 Å². The van der Waals surface area contributed by atoms with Crippen molar-refractivity contribution >= 4 is 11.8 Å². The summed E-state index contributed by atoms with van der Waals surface area (Å²) in [7, 11) is 1.71. The van der Waals surface area contributed by atoms with E-state index in [1.807, 2.05) is 6.92 Å². The zero-order valence-electron chi connectivity index (χ0n) is 13.6. The van der Waals surface area contributed by atoms with Crippen molar-refractivity contribution in [3.05, 3.63) is 0 Å². The molecule has 1 heterocycles. The lowest BCUT2D eigenvalue weighted by Crippen LogP contribution is -2.63. The highest BCUT2D eigenvalue weighted by Crippen LogP contribution is 2.49. The van der Waals surface area contributed by atoms with E-state index in [1.165, 1.54) is 0 Å². The smallest absolute Gasteiger partial charge is 0.245 e. The van der Waals surface area contributed by atoms with Gasteiger partial charge in [0.2, 0.25) is 11.8 Å². The quantitative estimate of drug-likeness (QED) is 0.776. The summed E-state index contributed by atoms with van der Waals surface area (Å²) in [5.74, 6) is 0.445. The maximum Gasteiger partial charge on any atom is 0.245 e. The van der Waals surface area contributed by atoms with Crippen molar-refractivity contribution in [2.24, 2.45) is 11.3 Å². The topological polar surface area (TPSA) is 58.6 Å². The molecule has 2 unspecified atom stereocenters. The van der Waals surface area contributed by atoms with E-state index in [2.05, 4.69) is 19.2 Å². The van der Waals surface area contributed by atoms with Crippen molar-refractivity contribution in [3.8, 4) is 0 Å². The summed E-state index contributed by atoms with van der Waals surface area (Å²) >= 11 is 0. The molecule has 2 rings (SSSR count). The van der Waals surface area contributed by atoms with E-state index in [-0.39, 0.29) is 29.3 Å². The lowest BCUT2D eigenvalue weighted by molar-refractivity contribution is -0.150. The number of nitrogens with zero attached hydrogens (tertiary/aromatic N) is 1. The predicted molar refractivity (Wildman–Crippen MR) is 80.7 cm³/mol. The van der Waals surface area contributed by atoms with Gasteiger partial charge in [-0.05, 0) is 43.9 Å². The Bertz CT molecular complexity index is 404. The predicted octanol–water partition coefficient (Wildman–Crippen LogP) is 1.56. The number of hydrogen-bond acceptors (Lipinski definition) is 3. The lowest BCUT2D eigenvalue weighted by atomic mass is 9.96. The zero-order valence-corrected chi connectivity index (χ0v) is 13.6. The van der Waals surface area contributed by atoms with E-state index >= 15 is 0 Å². The molecule has 5 heteroatoms. The van der Waals surface area contributed by atoms with Crippen molar-refractivity contribution in [1.82, 2.24) is 10.2 Å². The maximum absolute atomic E-state index is 12.7. The van der Waals surface area contributed by atoms with Gasteiger partial charge in [0.15, 0.2) is 0 Å². The summed E-state index contributed by atoms with van der Waals surface area (Å²) in [6.45, 7) is 7.38. The third kappa shape index (κ3) is 3.76. The molecule has 1 saturated heterocycles. The molecule has 0 bridgehead atoms. The van der Waals surface area contributed by atoms with E-state index in [9.17, 15) is 9.59 Å². The van der Waals surface area contributed by atoms with Crippen LogP contribution in [0.4, 0.5) is 0 Å². The van der Waals surface area contributed by atoms with Crippen molar-refractivity contribution in [2.45, 2.75) is 58.5 Å². The summed E-state index contributed by atoms with van der Waals surface area (Å²) in [6, 6.07) is -0.715. The van der Waals surface area contributed by atoms with Gasteiger partial charge < -0.3 is 15.0 Å². The number of carbonyl (C=O) groups excluding carboxylic acids is 2. The Kier molecular flexibility index (Phi) is 4.91. The molecule has 1 aliphatic heterocycles.